The summed E-state index contributed by atoms with van der Waals surface area (Å²) < 4.78 is 9.34. The molecule has 3 fully saturated rings. The van der Waals surface area contributed by atoms with Crippen LogP contribution in [-0.4, -0.2) is 50.2 Å². The molecule has 3 saturated carbocycles. The van der Waals surface area contributed by atoms with Crippen LogP contribution >= 0.6 is 24.1 Å². The van der Waals surface area contributed by atoms with Crippen molar-refractivity contribution in [1.82, 2.24) is 5.32 Å². The number of benzene rings is 3. The number of fused-ring (bicyclic) bond motifs is 2. The second kappa shape index (κ2) is 18.4. The van der Waals surface area contributed by atoms with E-state index in [1.54, 1.807) is 6.07 Å². The van der Waals surface area contributed by atoms with E-state index in [1.165, 1.54) is 38.2 Å². The predicted octanol–water partition coefficient (Wildman–Crippen LogP) is 9.06. The Hall–Kier alpha value is -2.18. The van der Waals surface area contributed by atoms with E-state index in [0.29, 0.717) is 23.5 Å². The molecule has 0 aliphatic heterocycles. The maximum absolute atomic E-state index is 11.5. The minimum Gasteiger partial charge on any atom is -0.506 e. The third kappa shape index (κ3) is 9.79. The number of aromatic hydroxyl groups is 1. The average molecular weight is 763 g/mol. The van der Waals surface area contributed by atoms with E-state index in [-0.39, 0.29) is 45.6 Å². The molecule has 16 heteroatoms. The van der Waals surface area contributed by atoms with E-state index in [2.05, 4.69) is 40.2 Å². The van der Waals surface area contributed by atoms with Gasteiger partial charge in [-0.3, -0.25) is 0 Å². The molecule has 0 saturated heterocycles. The van der Waals surface area contributed by atoms with Gasteiger partial charge in [0.1, 0.15) is 17.5 Å². The normalized spacial score (nSPS) is 26.3. The summed E-state index contributed by atoms with van der Waals surface area (Å²) >= 11 is 1.83. The van der Waals surface area contributed by atoms with Crippen molar-refractivity contribution in [2.45, 2.75) is 99.1 Å². The van der Waals surface area contributed by atoms with Crippen molar-refractivity contribution >= 4 is 51.9 Å². The van der Waals surface area contributed by atoms with Crippen molar-refractivity contribution in [2.24, 2.45) is 32.3 Å². The summed E-state index contributed by atoms with van der Waals surface area (Å²) in [4.78, 5) is 0.753. The van der Waals surface area contributed by atoms with Crippen molar-refractivity contribution in [3.8, 4) is 5.75 Å². The van der Waals surface area contributed by atoms with Gasteiger partial charge in [-0.05, 0) is 104 Å². The Morgan fingerprint density at radius 1 is 0.796 bits per heavy atom. The number of nitrogens with zero attached hydrogens (tertiary/aromatic N) is 4. The Bertz CT molecular complexity index is 1600. The molecule has 0 bridgehead atoms. The number of phenols is 1. The number of hydrogen-bond donors (Lipinski definition) is 5. The standard InChI is InChI=1S/C33H41N5O8S2.Cu/c1-19-13-29(30(39)18-28(19)36-35-25-9-7-21-16-26(47-45-43-41)11-8-20(21)14-25)37-38-32-31(48-46-44-42)17-22-15-24(10-12-27(22)33(32)40)34-23-5-3-2-4-6-23;/h7-9,11,13-14,16,18,22-24,27,31-34,39-42H,2-6,10,12,15,17H2,1H3;. The van der Waals surface area contributed by atoms with Crippen molar-refractivity contribution in [2.75, 3.05) is 0 Å². The van der Waals surface area contributed by atoms with Crippen molar-refractivity contribution in [3.63, 3.8) is 0 Å². The monoisotopic (exact) mass is 762 g/mol. The zero-order chi connectivity index (χ0) is 33.5. The second-order valence-corrected chi connectivity index (χ2v) is 14.6. The summed E-state index contributed by atoms with van der Waals surface area (Å²) in [5, 5.41) is 70.3. The molecular formula is C33H41CuN5O8S2. The smallest absolute Gasteiger partial charge is 0.145 e. The zero-order valence-electron chi connectivity index (χ0n) is 26.9. The quantitative estimate of drug-likeness (QED) is 0.0391. The van der Waals surface area contributed by atoms with Gasteiger partial charge in [0, 0.05) is 52.2 Å². The molecule has 0 aromatic heterocycles. The maximum atomic E-state index is 11.5. The maximum Gasteiger partial charge on any atom is 0.145 e. The summed E-state index contributed by atoms with van der Waals surface area (Å²) in [7, 11) is 0. The zero-order valence-corrected chi connectivity index (χ0v) is 29.4. The van der Waals surface area contributed by atoms with Crippen LogP contribution in [0.1, 0.15) is 63.4 Å². The van der Waals surface area contributed by atoms with Crippen molar-refractivity contribution in [1.29, 1.82) is 0 Å². The molecule has 3 aromatic rings. The van der Waals surface area contributed by atoms with E-state index in [1.807, 2.05) is 43.3 Å². The molecule has 13 nitrogen and oxygen atoms in total. The van der Waals surface area contributed by atoms with Gasteiger partial charge in [0.15, 0.2) is 0 Å². The molecule has 49 heavy (non-hydrogen) atoms. The fourth-order valence-corrected chi connectivity index (χ4v) is 8.66. The number of azo groups is 2. The van der Waals surface area contributed by atoms with E-state index in [0.717, 1.165) is 71.0 Å². The Morgan fingerprint density at radius 3 is 2.37 bits per heavy atom. The Morgan fingerprint density at radius 2 is 1.57 bits per heavy atom. The molecule has 3 aromatic carbocycles. The third-order valence-corrected chi connectivity index (χ3v) is 11.3. The molecule has 269 valence electrons. The second-order valence-electron chi connectivity index (χ2n) is 12.9. The van der Waals surface area contributed by atoms with Crippen LogP contribution in [0.15, 0.2) is 73.9 Å². The van der Waals surface area contributed by atoms with E-state index >= 15 is 0 Å². The van der Waals surface area contributed by atoms with Crippen LogP contribution in [0.3, 0.4) is 0 Å². The molecule has 3 aliphatic rings. The molecule has 6 unspecified atom stereocenters. The first kappa shape index (κ1) is 38.1. The van der Waals surface area contributed by atoms with Gasteiger partial charge in [-0.2, -0.15) is 20.5 Å². The van der Waals surface area contributed by atoms with Gasteiger partial charge < -0.3 is 15.5 Å². The van der Waals surface area contributed by atoms with Gasteiger partial charge in [0.2, 0.25) is 0 Å². The Kier molecular flexibility index (Phi) is 14.3. The SMILES string of the molecule is Cc1cc(N=NC2C(SOOO)CC3CC(NC4CCCCC4)CCC3C2O)c(O)cc1N=Nc1ccc2cc(SOOO)ccc2c1.[Cu]. The van der Waals surface area contributed by atoms with Crippen LogP contribution in [0.5, 0.6) is 5.75 Å². The van der Waals surface area contributed by atoms with Crippen LogP contribution < -0.4 is 5.32 Å². The molecular weight excluding hydrogens is 722 g/mol. The minimum absolute atomic E-state index is 0. The number of aliphatic hydroxyl groups is 1. The fourth-order valence-electron chi connectivity index (χ4n) is 7.46. The van der Waals surface area contributed by atoms with Gasteiger partial charge in [0.05, 0.1) is 34.8 Å². The number of phenolic OH excluding ortho intramolecular Hbond substituents is 1. The number of aliphatic hydroxyl groups excluding tert-OH is 1. The summed E-state index contributed by atoms with van der Waals surface area (Å²) in [6, 6.07) is 14.8. The molecule has 6 rings (SSSR count). The molecule has 5 N–H and O–H groups in total. The molecule has 0 spiro atoms. The van der Waals surface area contributed by atoms with E-state index in [9.17, 15) is 10.2 Å². The minimum atomic E-state index is -0.755. The first-order chi connectivity index (χ1) is 23.4. The summed E-state index contributed by atoms with van der Waals surface area (Å²) in [5.41, 5.74) is 2.08. The number of nitrogens with one attached hydrogen (secondary N) is 1. The van der Waals surface area contributed by atoms with Gasteiger partial charge in [-0.1, -0.05) is 41.5 Å². The summed E-state index contributed by atoms with van der Waals surface area (Å²) in [6.45, 7) is 1.84. The Balaban J connectivity index is 0.00000468. The number of rotatable bonds is 12. The summed E-state index contributed by atoms with van der Waals surface area (Å²) in [5.74, 6) is 0.240. The van der Waals surface area contributed by atoms with Crippen molar-refractivity contribution in [3.05, 3.63) is 54.1 Å². The van der Waals surface area contributed by atoms with E-state index in [4.69, 9.17) is 14.8 Å². The average Bonchev–Trinajstić information content (AvgIpc) is 3.10. The molecule has 1 radical (unpaired) electrons. The molecule has 6 atom stereocenters. The van der Waals surface area contributed by atoms with Crippen LogP contribution in [0.2, 0.25) is 0 Å². The van der Waals surface area contributed by atoms with Crippen LogP contribution in [-0.2, 0) is 35.8 Å². The van der Waals surface area contributed by atoms with Crippen molar-refractivity contribution < 1.29 is 56.5 Å². The predicted molar refractivity (Wildman–Crippen MR) is 181 cm³/mol. The van der Waals surface area contributed by atoms with Crippen LogP contribution in [0, 0.1) is 18.8 Å². The van der Waals surface area contributed by atoms with Gasteiger partial charge >= 0.3 is 0 Å². The van der Waals surface area contributed by atoms with Crippen LogP contribution in [0.25, 0.3) is 10.8 Å². The first-order valence-electron chi connectivity index (χ1n) is 16.3. The fraction of sp³-hybridized carbons (Fsp3) is 0.515. The van der Waals surface area contributed by atoms with Gasteiger partial charge in [0.25, 0.3) is 0 Å². The van der Waals surface area contributed by atoms with E-state index < -0.39 is 12.1 Å². The Labute approximate surface area is 303 Å². The summed E-state index contributed by atoms with van der Waals surface area (Å²) in [6.07, 6.45) is 9.23. The molecule has 0 heterocycles. The number of aryl methyl sites for hydroxylation is 1. The van der Waals surface area contributed by atoms with Gasteiger partial charge in [-0.25, -0.2) is 10.5 Å². The molecule has 3 aliphatic carbocycles. The largest absolute Gasteiger partial charge is 0.506 e. The third-order valence-electron chi connectivity index (χ3n) is 9.84. The topological polar surface area (TPSA) is 179 Å². The van der Waals surface area contributed by atoms with Gasteiger partial charge in [-0.15, -0.1) is 8.67 Å². The van der Waals surface area contributed by atoms with Crippen LogP contribution in [0.4, 0.5) is 17.1 Å². The first-order valence-corrected chi connectivity index (χ1v) is 17.9. The molecule has 0 amide bonds. The number of hydrogen-bond acceptors (Lipinski definition) is 15.